The van der Waals surface area contributed by atoms with Crippen molar-refractivity contribution in [2.24, 2.45) is 5.73 Å². The smallest absolute Gasteiger partial charge is 0.379 e. The predicted molar refractivity (Wildman–Crippen MR) is 57.2 cm³/mol. The third kappa shape index (κ3) is 3.13. The molecule has 0 spiro atoms. The Morgan fingerprint density at radius 1 is 1.56 bits per heavy atom. The number of amidine groups is 1. The number of aromatic nitrogens is 1. The molecule has 0 amide bonds. The molecule has 0 aromatic carbocycles. The van der Waals surface area contributed by atoms with Crippen molar-refractivity contribution in [3.05, 3.63) is 29.1 Å². The van der Waals surface area contributed by atoms with Gasteiger partial charge < -0.3 is 5.73 Å². The second-order valence-corrected chi connectivity index (χ2v) is 4.12. The van der Waals surface area contributed by atoms with Crippen molar-refractivity contribution in [3.63, 3.8) is 0 Å². The van der Waals surface area contributed by atoms with Crippen LogP contribution in [0.25, 0.3) is 0 Å². The molecule has 1 rings (SSSR count). The van der Waals surface area contributed by atoms with Gasteiger partial charge in [0.1, 0.15) is 5.69 Å². The summed E-state index contributed by atoms with van der Waals surface area (Å²) in [6.45, 7) is 1.58. The molecule has 1 aromatic rings. The van der Waals surface area contributed by atoms with Crippen LogP contribution in [0, 0.1) is 12.3 Å². The van der Waals surface area contributed by atoms with Crippen LogP contribution in [-0.2, 0) is 11.9 Å². The van der Waals surface area contributed by atoms with Crippen molar-refractivity contribution in [1.29, 1.82) is 5.41 Å². The highest BCUT2D eigenvalue weighted by Crippen LogP contribution is 2.33. The summed E-state index contributed by atoms with van der Waals surface area (Å²) >= 11 is 0.850. The van der Waals surface area contributed by atoms with Crippen molar-refractivity contribution in [2.45, 2.75) is 18.9 Å². The summed E-state index contributed by atoms with van der Waals surface area (Å²) in [4.78, 5) is 3.34. The van der Waals surface area contributed by atoms with Gasteiger partial charge in [-0.15, -0.1) is 0 Å². The van der Waals surface area contributed by atoms with Crippen molar-refractivity contribution in [1.82, 2.24) is 4.98 Å². The molecule has 88 valence electrons. The Kier molecular flexibility index (Phi) is 3.79. The molecule has 0 fully saturated rings. The molecule has 0 atom stereocenters. The normalized spacial score (nSPS) is 11.5. The molecule has 0 radical (unpaired) electrons. The predicted octanol–water partition coefficient (Wildman–Crippen LogP) is 2.54. The van der Waals surface area contributed by atoms with Crippen LogP contribution in [0.2, 0.25) is 0 Å². The fourth-order valence-corrected chi connectivity index (χ4v) is 1.83. The minimum atomic E-state index is -4.47. The number of thioether (sulfide) groups is 1. The fraction of sp³-hybridized carbons (Fsp3) is 0.333. The highest BCUT2D eigenvalue weighted by atomic mass is 32.2. The zero-order chi connectivity index (χ0) is 12.3. The number of pyridine rings is 1. The highest BCUT2D eigenvalue weighted by Gasteiger charge is 2.35. The summed E-state index contributed by atoms with van der Waals surface area (Å²) in [6, 6.07) is 1.51. The summed E-state index contributed by atoms with van der Waals surface area (Å²) in [7, 11) is 0. The van der Waals surface area contributed by atoms with Crippen LogP contribution in [0.1, 0.15) is 16.8 Å². The summed E-state index contributed by atoms with van der Waals surface area (Å²) in [5.74, 6) is 0.00382. The number of alkyl halides is 3. The van der Waals surface area contributed by atoms with E-state index in [1.165, 1.54) is 6.07 Å². The van der Waals surface area contributed by atoms with Gasteiger partial charge in [0.15, 0.2) is 5.17 Å². The van der Waals surface area contributed by atoms with Crippen molar-refractivity contribution < 1.29 is 13.2 Å². The molecule has 0 saturated heterocycles. The van der Waals surface area contributed by atoms with Gasteiger partial charge in [-0.1, -0.05) is 11.8 Å². The van der Waals surface area contributed by atoms with E-state index < -0.39 is 11.9 Å². The van der Waals surface area contributed by atoms with E-state index >= 15 is 0 Å². The number of nitrogens with one attached hydrogen (secondary N) is 1. The lowest BCUT2D eigenvalue weighted by atomic mass is 10.1. The second-order valence-electron chi connectivity index (χ2n) is 3.11. The van der Waals surface area contributed by atoms with E-state index in [1.807, 2.05) is 0 Å². The maximum Gasteiger partial charge on any atom is 0.433 e. The lowest BCUT2D eigenvalue weighted by Gasteiger charge is -2.13. The standard InChI is InChI=1S/C9H10F3N3S/c1-5-2-3-15-7(9(10,11)12)6(5)4-16-8(13)14/h2-3H,4H2,1H3,(H3,13,14). The molecule has 0 aliphatic rings. The number of hydrogen-bond acceptors (Lipinski definition) is 3. The average molecular weight is 249 g/mol. The Morgan fingerprint density at radius 3 is 2.69 bits per heavy atom. The molecule has 0 saturated carbocycles. The minimum Gasteiger partial charge on any atom is -0.379 e. The minimum absolute atomic E-state index is 0.00382. The number of nitrogens with two attached hydrogens (primary N) is 1. The van der Waals surface area contributed by atoms with Crippen LogP contribution in [0.5, 0.6) is 0 Å². The third-order valence-corrected chi connectivity index (χ3v) is 2.67. The summed E-state index contributed by atoms with van der Waals surface area (Å²) in [5.41, 5.74) is 4.77. The zero-order valence-electron chi connectivity index (χ0n) is 8.43. The van der Waals surface area contributed by atoms with Gasteiger partial charge in [0, 0.05) is 11.9 Å². The Hall–Kier alpha value is -1.24. The molecule has 7 heteroatoms. The van der Waals surface area contributed by atoms with Crippen molar-refractivity contribution in [2.75, 3.05) is 0 Å². The molecule has 3 N–H and O–H groups in total. The summed E-state index contributed by atoms with van der Waals surface area (Å²) in [5, 5.41) is 6.77. The molecule has 0 bridgehead atoms. The maximum absolute atomic E-state index is 12.6. The molecule has 0 aliphatic heterocycles. The number of rotatable bonds is 2. The summed E-state index contributed by atoms with van der Waals surface area (Å²) in [6.07, 6.45) is -3.35. The fourth-order valence-electron chi connectivity index (χ4n) is 1.17. The number of halogens is 3. The Morgan fingerprint density at radius 2 is 2.19 bits per heavy atom. The van der Waals surface area contributed by atoms with Crippen LogP contribution >= 0.6 is 11.8 Å². The van der Waals surface area contributed by atoms with E-state index in [0.717, 1.165) is 18.0 Å². The van der Waals surface area contributed by atoms with E-state index in [9.17, 15) is 13.2 Å². The molecule has 3 nitrogen and oxygen atoms in total. The highest BCUT2D eigenvalue weighted by molar-refractivity contribution is 8.13. The largest absolute Gasteiger partial charge is 0.433 e. The SMILES string of the molecule is Cc1ccnc(C(F)(F)F)c1CSC(=N)N. The monoisotopic (exact) mass is 249 g/mol. The van der Waals surface area contributed by atoms with E-state index in [-0.39, 0.29) is 16.5 Å². The van der Waals surface area contributed by atoms with Crippen LogP contribution in [0.4, 0.5) is 13.2 Å². The van der Waals surface area contributed by atoms with Gasteiger partial charge in [0.2, 0.25) is 0 Å². The molecule has 16 heavy (non-hydrogen) atoms. The van der Waals surface area contributed by atoms with Crippen LogP contribution < -0.4 is 5.73 Å². The first-order valence-corrected chi connectivity index (χ1v) is 5.29. The Bertz CT molecular complexity index is 403. The van der Waals surface area contributed by atoms with E-state index in [0.29, 0.717) is 5.56 Å². The van der Waals surface area contributed by atoms with Crippen LogP contribution in [0.3, 0.4) is 0 Å². The molecular formula is C9H10F3N3S. The molecule has 1 heterocycles. The average Bonchev–Trinajstić information content (AvgIpc) is 2.13. The summed E-state index contributed by atoms with van der Waals surface area (Å²) < 4.78 is 37.8. The number of nitrogens with zero attached hydrogens (tertiary/aromatic N) is 1. The number of hydrogen-bond donors (Lipinski definition) is 2. The molecular weight excluding hydrogens is 239 g/mol. The van der Waals surface area contributed by atoms with E-state index in [4.69, 9.17) is 11.1 Å². The lowest BCUT2D eigenvalue weighted by Crippen LogP contribution is -2.13. The number of aryl methyl sites for hydroxylation is 1. The van der Waals surface area contributed by atoms with Gasteiger partial charge >= 0.3 is 6.18 Å². The zero-order valence-corrected chi connectivity index (χ0v) is 9.25. The lowest BCUT2D eigenvalue weighted by molar-refractivity contribution is -0.141. The first-order valence-electron chi connectivity index (χ1n) is 4.31. The van der Waals surface area contributed by atoms with Gasteiger partial charge in [-0.05, 0) is 24.1 Å². The third-order valence-electron chi connectivity index (χ3n) is 1.93. The quantitative estimate of drug-likeness (QED) is 0.625. The molecule has 1 aromatic heterocycles. The van der Waals surface area contributed by atoms with Crippen molar-refractivity contribution in [3.8, 4) is 0 Å². The maximum atomic E-state index is 12.6. The van der Waals surface area contributed by atoms with Gasteiger partial charge in [-0.2, -0.15) is 13.2 Å². The van der Waals surface area contributed by atoms with E-state index in [1.54, 1.807) is 6.92 Å². The molecule has 0 unspecified atom stereocenters. The van der Waals surface area contributed by atoms with Crippen molar-refractivity contribution >= 4 is 16.9 Å². The first kappa shape index (κ1) is 12.8. The molecule has 0 aliphatic carbocycles. The van der Waals surface area contributed by atoms with Gasteiger partial charge in [0.25, 0.3) is 0 Å². The van der Waals surface area contributed by atoms with Gasteiger partial charge in [0.05, 0.1) is 0 Å². The first-order chi connectivity index (χ1) is 7.32. The Labute approximate surface area is 94.8 Å². The van der Waals surface area contributed by atoms with E-state index in [2.05, 4.69) is 4.98 Å². The van der Waals surface area contributed by atoms with Gasteiger partial charge in [-0.25, -0.2) is 0 Å². The Balaban J connectivity index is 3.09. The van der Waals surface area contributed by atoms with Crippen LogP contribution in [-0.4, -0.2) is 10.2 Å². The second kappa shape index (κ2) is 4.73. The van der Waals surface area contributed by atoms with Crippen LogP contribution in [0.15, 0.2) is 12.3 Å². The van der Waals surface area contributed by atoms with Gasteiger partial charge in [-0.3, -0.25) is 10.4 Å². The topological polar surface area (TPSA) is 62.8 Å².